The smallest absolute Gasteiger partial charge is 0.338 e. The van der Waals surface area contributed by atoms with Crippen molar-refractivity contribution in [1.29, 1.82) is 0 Å². The maximum atomic E-state index is 12.6. The van der Waals surface area contributed by atoms with Crippen molar-refractivity contribution >= 4 is 32.5 Å². The molecule has 24 heavy (non-hydrogen) atoms. The van der Waals surface area contributed by atoms with Crippen LogP contribution < -0.4 is 4.72 Å². The third-order valence-electron chi connectivity index (χ3n) is 3.62. The number of aromatic carboxylic acids is 1. The van der Waals surface area contributed by atoms with E-state index in [1.54, 1.807) is 30.3 Å². The van der Waals surface area contributed by atoms with Gasteiger partial charge in [0.05, 0.1) is 11.3 Å². The lowest BCUT2D eigenvalue weighted by Crippen LogP contribution is -2.17. The van der Waals surface area contributed by atoms with Gasteiger partial charge in [0.25, 0.3) is 10.0 Å². The number of rotatable bonds is 4. The molecular formula is C16H14N2O5S. The van der Waals surface area contributed by atoms with E-state index in [9.17, 15) is 18.3 Å². The lowest BCUT2D eigenvalue weighted by atomic mass is 10.0. The molecule has 0 amide bonds. The summed E-state index contributed by atoms with van der Waals surface area (Å²) in [5.74, 6) is -1.08. The summed E-state index contributed by atoms with van der Waals surface area (Å²) >= 11 is 0. The lowest BCUT2D eigenvalue weighted by Gasteiger charge is -2.12. The number of fused-ring (bicyclic) bond motifs is 1. The second-order valence-corrected chi connectivity index (χ2v) is 6.89. The van der Waals surface area contributed by atoms with Crippen molar-refractivity contribution in [1.82, 2.24) is 5.16 Å². The molecule has 0 unspecified atom stereocenters. The van der Waals surface area contributed by atoms with E-state index in [0.29, 0.717) is 10.8 Å². The van der Waals surface area contributed by atoms with Crippen LogP contribution in [0.4, 0.5) is 5.69 Å². The van der Waals surface area contributed by atoms with Gasteiger partial charge < -0.3 is 9.63 Å². The Morgan fingerprint density at radius 2 is 1.88 bits per heavy atom. The number of benzene rings is 2. The van der Waals surface area contributed by atoms with Crippen LogP contribution in [0.15, 0.2) is 45.8 Å². The highest BCUT2D eigenvalue weighted by Crippen LogP contribution is 2.29. The SMILES string of the molecule is Cc1noc(C)c1S(=O)(=O)Nc1ccc2ccccc2c1C(=O)O. The molecule has 2 aromatic carbocycles. The Morgan fingerprint density at radius 3 is 2.50 bits per heavy atom. The molecule has 0 bridgehead atoms. The van der Waals surface area contributed by atoms with Crippen molar-refractivity contribution < 1.29 is 22.8 Å². The van der Waals surface area contributed by atoms with Gasteiger partial charge in [-0.05, 0) is 30.7 Å². The second kappa shape index (κ2) is 5.64. The van der Waals surface area contributed by atoms with Crippen molar-refractivity contribution in [3.63, 3.8) is 0 Å². The van der Waals surface area contributed by atoms with Gasteiger partial charge >= 0.3 is 5.97 Å². The number of aromatic nitrogens is 1. The maximum Gasteiger partial charge on any atom is 0.338 e. The first-order valence-electron chi connectivity index (χ1n) is 7.02. The molecule has 0 saturated carbocycles. The van der Waals surface area contributed by atoms with Crippen LogP contribution in [0.5, 0.6) is 0 Å². The number of sulfonamides is 1. The van der Waals surface area contributed by atoms with Gasteiger partial charge in [-0.2, -0.15) is 0 Å². The van der Waals surface area contributed by atoms with E-state index >= 15 is 0 Å². The van der Waals surface area contributed by atoms with Gasteiger partial charge in [-0.25, -0.2) is 13.2 Å². The minimum atomic E-state index is -4.03. The van der Waals surface area contributed by atoms with E-state index in [-0.39, 0.29) is 27.6 Å². The maximum absolute atomic E-state index is 12.6. The molecule has 0 radical (unpaired) electrons. The van der Waals surface area contributed by atoms with E-state index in [1.165, 1.54) is 19.9 Å². The molecule has 0 atom stereocenters. The molecule has 0 saturated heterocycles. The molecule has 3 aromatic rings. The zero-order chi connectivity index (χ0) is 17.5. The Kier molecular flexibility index (Phi) is 3.76. The molecule has 3 rings (SSSR count). The monoisotopic (exact) mass is 346 g/mol. The molecule has 0 fully saturated rings. The summed E-state index contributed by atoms with van der Waals surface area (Å²) in [7, 11) is -4.03. The number of anilines is 1. The van der Waals surface area contributed by atoms with Crippen molar-refractivity contribution in [2.45, 2.75) is 18.7 Å². The zero-order valence-electron chi connectivity index (χ0n) is 12.9. The van der Waals surface area contributed by atoms with E-state index in [0.717, 1.165) is 0 Å². The Bertz CT molecular complexity index is 1030. The second-order valence-electron chi connectivity index (χ2n) is 5.27. The highest BCUT2D eigenvalue weighted by atomic mass is 32.2. The first kappa shape index (κ1) is 16.0. The summed E-state index contributed by atoms with van der Waals surface area (Å²) in [6.45, 7) is 2.98. The lowest BCUT2D eigenvalue weighted by molar-refractivity contribution is 0.0700. The van der Waals surface area contributed by atoms with Crippen LogP contribution >= 0.6 is 0 Å². The number of carboxylic acids is 1. The fraction of sp³-hybridized carbons (Fsp3) is 0.125. The van der Waals surface area contributed by atoms with E-state index in [1.807, 2.05) is 0 Å². The van der Waals surface area contributed by atoms with Crippen molar-refractivity contribution in [3.8, 4) is 0 Å². The van der Waals surface area contributed by atoms with Crippen LogP contribution in [-0.2, 0) is 10.0 Å². The molecule has 0 aliphatic carbocycles. The number of nitrogens with zero attached hydrogens (tertiary/aromatic N) is 1. The summed E-state index contributed by atoms with van der Waals surface area (Å²) in [5, 5.41) is 14.3. The number of hydrogen-bond donors (Lipinski definition) is 2. The van der Waals surface area contributed by atoms with Gasteiger partial charge in [-0.15, -0.1) is 0 Å². The first-order chi connectivity index (χ1) is 11.3. The summed E-state index contributed by atoms with van der Waals surface area (Å²) in [4.78, 5) is 11.6. The first-order valence-corrected chi connectivity index (χ1v) is 8.50. The number of carbonyl (C=O) groups is 1. The highest BCUT2D eigenvalue weighted by Gasteiger charge is 2.26. The average Bonchev–Trinajstić information content (AvgIpc) is 2.86. The third kappa shape index (κ3) is 2.61. The van der Waals surface area contributed by atoms with E-state index in [2.05, 4.69) is 9.88 Å². The summed E-state index contributed by atoms with van der Waals surface area (Å²) < 4.78 is 32.4. The number of aryl methyl sites for hydroxylation is 2. The van der Waals surface area contributed by atoms with Crippen LogP contribution in [0.25, 0.3) is 10.8 Å². The van der Waals surface area contributed by atoms with Crippen molar-refractivity contribution in [2.24, 2.45) is 0 Å². The standard InChI is InChI=1S/C16H14N2O5S/c1-9-15(10(2)23-17-9)24(21,22)18-13-8-7-11-5-3-4-6-12(11)14(13)16(19)20/h3-8,18H,1-2H3,(H,19,20). The fourth-order valence-electron chi connectivity index (χ4n) is 2.64. The minimum Gasteiger partial charge on any atom is -0.478 e. The van der Waals surface area contributed by atoms with E-state index < -0.39 is 16.0 Å². The van der Waals surface area contributed by atoms with Gasteiger partial charge in [0.15, 0.2) is 10.7 Å². The Morgan fingerprint density at radius 1 is 1.17 bits per heavy atom. The summed E-state index contributed by atoms with van der Waals surface area (Å²) in [6.07, 6.45) is 0. The highest BCUT2D eigenvalue weighted by molar-refractivity contribution is 7.92. The number of nitrogens with one attached hydrogen (secondary N) is 1. The normalized spacial score (nSPS) is 11.6. The molecule has 0 spiro atoms. The topological polar surface area (TPSA) is 110 Å². The van der Waals surface area contributed by atoms with Crippen molar-refractivity contribution in [3.05, 3.63) is 53.4 Å². The summed E-state index contributed by atoms with van der Waals surface area (Å²) in [6, 6.07) is 9.96. The predicted molar refractivity (Wildman–Crippen MR) is 87.7 cm³/mol. The van der Waals surface area contributed by atoms with Gasteiger partial charge in [0.2, 0.25) is 0 Å². The third-order valence-corrected chi connectivity index (χ3v) is 5.23. The summed E-state index contributed by atoms with van der Waals surface area (Å²) in [5.41, 5.74) is 0.0855. The van der Waals surface area contributed by atoms with Crippen LogP contribution in [0.1, 0.15) is 21.8 Å². The molecule has 124 valence electrons. The molecule has 2 N–H and O–H groups in total. The fourth-order valence-corrected chi connectivity index (χ4v) is 4.04. The quantitative estimate of drug-likeness (QED) is 0.751. The Labute approximate surface area is 137 Å². The zero-order valence-corrected chi connectivity index (χ0v) is 13.7. The molecule has 1 aromatic heterocycles. The molecule has 0 aliphatic rings. The molecular weight excluding hydrogens is 332 g/mol. The van der Waals surface area contributed by atoms with E-state index in [4.69, 9.17) is 4.52 Å². The predicted octanol–water partition coefficient (Wildman–Crippen LogP) is 2.94. The van der Waals surface area contributed by atoms with Gasteiger partial charge in [0, 0.05) is 0 Å². The van der Waals surface area contributed by atoms with Crippen molar-refractivity contribution in [2.75, 3.05) is 4.72 Å². The Hall–Kier alpha value is -2.87. The van der Waals surface area contributed by atoms with Gasteiger partial charge in [-0.1, -0.05) is 35.5 Å². The minimum absolute atomic E-state index is 0.0128. The van der Waals surface area contributed by atoms with Crippen LogP contribution in [-0.4, -0.2) is 24.7 Å². The van der Waals surface area contributed by atoms with Crippen LogP contribution in [0.2, 0.25) is 0 Å². The number of hydrogen-bond acceptors (Lipinski definition) is 5. The molecule has 0 aliphatic heterocycles. The Balaban J connectivity index is 2.17. The van der Waals surface area contributed by atoms with Crippen LogP contribution in [0.3, 0.4) is 0 Å². The molecule has 1 heterocycles. The average molecular weight is 346 g/mol. The largest absolute Gasteiger partial charge is 0.478 e. The molecule has 7 nitrogen and oxygen atoms in total. The van der Waals surface area contributed by atoms with Crippen LogP contribution in [0, 0.1) is 13.8 Å². The van der Waals surface area contributed by atoms with Gasteiger partial charge in [0.1, 0.15) is 5.69 Å². The van der Waals surface area contributed by atoms with Gasteiger partial charge in [-0.3, -0.25) is 4.72 Å². The molecule has 8 heteroatoms. The number of carboxylic acid groups (broad SMARTS) is 1.